The fraction of sp³-hybridized carbons (Fsp3) is 0.650. The maximum Gasteiger partial charge on any atom is 0.218 e. The van der Waals surface area contributed by atoms with Gasteiger partial charge in [0.1, 0.15) is 11.5 Å². The Morgan fingerprint density at radius 1 is 1.31 bits per heavy atom. The minimum atomic E-state index is -0.653. The highest BCUT2D eigenvalue weighted by Crippen LogP contribution is 2.51. The Morgan fingerprint density at radius 2 is 2.12 bits per heavy atom. The molecule has 3 N–H and O–H groups in total. The van der Waals surface area contributed by atoms with Crippen LogP contribution in [0.5, 0.6) is 11.5 Å². The second-order valence-corrected chi connectivity index (χ2v) is 7.51. The van der Waals surface area contributed by atoms with Crippen molar-refractivity contribution in [1.82, 2.24) is 4.90 Å². The van der Waals surface area contributed by atoms with Crippen molar-refractivity contribution in [3.8, 4) is 11.5 Å². The number of fused-ring (bicyclic) bond motifs is 1. The van der Waals surface area contributed by atoms with Gasteiger partial charge >= 0.3 is 0 Å². The molecule has 6 nitrogen and oxygen atoms in total. The molecule has 1 saturated carbocycles. The molecule has 3 rings (SSSR count). The normalized spacial score (nSPS) is 29.0. The molecule has 1 amide bonds. The van der Waals surface area contributed by atoms with Gasteiger partial charge in [-0.3, -0.25) is 9.69 Å². The summed E-state index contributed by atoms with van der Waals surface area (Å²) >= 11 is 0. The Kier molecular flexibility index (Phi) is 5.73. The van der Waals surface area contributed by atoms with Crippen LogP contribution < -0.4 is 15.2 Å². The number of benzene rings is 1. The van der Waals surface area contributed by atoms with Crippen molar-refractivity contribution in [3.05, 3.63) is 23.8 Å². The van der Waals surface area contributed by atoms with E-state index >= 15 is 0 Å². The SMILES string of the molecule is COc1ccc(OC)c([C@@H]2[C@@H]3CCCC[C@@]3(O)CCN2CCC(N)=O)c1. The molecule has 0 bridgehead atoms. The van der Waals surface area contributed by atoms with Gasteiger partial charge in [0.05, 0.1) is 19.8 Å². The molecule has 2 aliphatic rings. The molecule has 1 aliphatic heterocycles. The van der Waals surface area contributed by atoms with Crippen LogP contribution in [0.3, 0.4) is 0 Å². The first-order valence-electron chi connectivity index (χ1n) is 9.45. The molecular weight excluding hydrogens is 332 g/mol. The number of ether oxygens (including phenoxy) is 2. The highest BCUT2D eigenvalue weighted by molar-refractivity contribution is 5.73. The Hall–Kier alpha value is -1.79. The van der Waals surface area contributed by atoms with Crippen LogP contribution in [0.25, 0.3) is 0 Å². The van der Waals surface area contributed by atoms with Crippen LogP contribution in [0.2, 0.25) is 0 Å². The van der Waals surface area contributed by atoms with Gasteiger partial charge in [0, 0.05) is 37.0 Å². The minimum absolute atomic E-state index is 0.0153. The van der Waals surface area contributed by atoms with E-state index in [0.717, 1.165) is 55.7 Å². The largest absolute Gasteiger partial charge is 0.497 e. The van der Waals surface area contributed by atoms with Crippen LogP contribution in [0.1, 0.15) is 50.1 Å². The monoisotopic (exact) mass is 362 g/mol. The molecule has 0 radical (unpaired) electrons. The van der Waals surface area contributed by atoms with Crippen molar-refractivity contribution in [3.63, 3.8) is 0 Å². The third-order valence-electron chi connectivity index (χ3n) is 6.07. The third kappa shape index (κ3) is 3.67. The zero-order chi connectivity index (χ0) is 18.7. The molecule has 1 saturated heterocycles. The van der Waals surface area contributed by atoms with E-state index in [4.69, 9.17) is 15.2 Å². The summed E-state index contributed by atoms with van der Waals surface area (Å²) in [4.78, 5) is 13.6. The average molecular weight is 362 g/mol. The molecule has 1 aromatic rings. The van der Waals surface area contributed by atoms with E-state index in [1.807, 2.05) is 18.2 Å². The zero-order valence-electron chi connectivity index (χ0n) is 15.7. The molecular formula is C20H30N2O4. The number of primary amides is 1. The third-order valence-corrected chi connectivity index (χ3v) is 6.07. The van der Waals surface area contributed by atoms with E-state index in [9.17, 15) is 9.90 Å². The van der Waals surface area contributed by atoms with Crippen LogP contribution in [-0.4, -0.2) is 48.8 Å². The quantitative estimate of drug-likeness (QED) is 0.811. The first-order chi connectivity index (χ1) is 12.5. The van der Waals surface area contributed by atoms with Crippen LogP contribution in [0.4, 0.5) is 0 Å². The second kappa shape index (κ2) is 7.84. The number of carbonyl (C=O) groups is 1. The average Bonchev–Trinajstić information content (AvgIpc) is 2.65. The van der Waals surface area contributed by atoms with Crippen molar-refractivity contribution < 1.29 is 19.4 Å². The predicted octanol–water partition coefficient (Wildman–Crippen LogP) is 2.25. The van der Waals surface area contributed by atoms with Crippen molar-refractivity contribution in [2.45, 2.75) is 50.2 Å². The van der Waals surface area contributed by atoms with E-state index in [-0.39, 0.29) is 17.9 Å². The summed E-state index contributed by atoms with van der Waals surface area (Å²) in [6.07, 6.45) is 5.03. The minimum Gasteiger partial charge on any atom is -0.497 e. The van der Waals surface area contributed by atoms with Gasteiger partial charge in [-0.2, -0.15) is 0 Å². The second-order valence-electron chi connectivity index (χ2n) is 7.51. The number of piperidine rings is 1. The fourth-order valence-electron chi connectivity index (χ4n) is 4.73. The number of methoxy groups -OCH3 is 2. The number of amides is 1. The number of hydrogen-bond donors (Lipinski definition) is 2. The van der Waals surface area contributed by atoms with Crippen molar-refractivity contribution in [2.24, 2.45) is 11.7 Å². The Bertz CT molecular complexity index is 651. The van der Waals surface area contributed by atoms with E-state index in [1.54, 1.807) is 14.2 Å². The summed E-state index contributed by atoms with van der Waals surface area (Å²) in [5.41, 5.74) is 5.76. The molecule has 1 heterocycles. The van der Waals surface area contributed by atoms with Gasteiger partial charge in [0.25, 0.3) is 0 Å². The van der Waals surface area contributed by atoms with Gasteiger partial charge in [0.2, 0.25) is 5.91 Å². The molecule has 6 heteroatoms. The number of likely N-dealkylation sites (tertiary alicyclic amines) is 1. The lowest BCUT2D eigenvalue weighted by Crippen LogP contribution is -2.55. The van der Waals surface area contributed by atoms with Crippen LogP contribution in [0, 0.1) is 5.92 Å². The zero-order valence-corrected chi connectivity index (χ0v) is 15.7. The van der Waals surface area contributed by atoms with Gasteiger partial charge < -0.3 is 20.3 Å². The van der Waals surface area contributed by atoms with Gasteiger partial charge in [-0.25, -0.2) is 0 Å². The summed E-state index contributed by atoms with van der Waals surface area (Å²) in [7, 11) is 3.31. The lowest BCUT2D eigenvalue weighted by Gasteiger charge is -2.53. The highest BCUT2D eigenvalue weighted by Gasteiger charge is 2.49. The van der Waals surface area contributed by atoms with Crippen molar-refractivity contribution in [1.29, 1.82) is 0 Å². The number of carbonyl (C=O) groups excluding carboxylic acids is 1. The number of nitrogens with two attached hydrogens (primary N) is 1. The first-order valence-corrected chi connectivity index (χ1v) is 9.45. The maximum atomic E-state index is 11.4. The van der Waals surface area contributed by atoms with E-state index < -0.39 is 5.60 Å². The van der Waals surface area contributed by atoms with Gasteiger partial charge in [-0.1, -0.05) is 12.8 Å². The summed E-state index contributed by atoms with van der Waals surface area (Å²) in [6, 6.07) is 5.78. The van der Waals surface area contributed by atoms with E-state index in [0.29, 0.717) is 13.0 Å². The number of rotatable bonds is 6. The highest BCUT2D eigenvalue weighted by atomic mass is 16.5. The Balaban J connectivity index is 2.02. The van der Waals surface area contributed by atoms with Crippen molar-refractivity contribution >= 4 is 5.91 Å². The number of hydrogen-bond acceptors (Lipinski definition) is 5. The van der Waals surface area contributed by atoms with Gasteiger partial charge in [0.15, 0.2) is 0 Å². The number of aliphatic hydroxyl groups is 1. The van der Waals surface area contributed by atoms with Crippen LogP contribution in [0.15, 0.2) is 18.2 Å². The van der Waals surface area contributed by atoms with E-state index in [2.05, 4.69) is 4.90 Å². The summed E-state index contributed by atoms with van der Waals surface area (Å²) in [6.45, 7) is 1.33. The lowest BCUT2D eigenvalue weighted by atomic mass is 9.66. The molecule has 1 aromatic carbocycles. The standard InChI is InChI=1S/C20H30N2O4/c1-25-14-6-7-17(26-2)15(13-14)19-16-5-3-4-9-20(16,24)10-12-22(19)11-8-18(21)23/h6-7,13,16,19,24H,3-5,8-12H2,1-2H3,(H2,21,23)/t16-,19+,20+/m0/s1. The molecule has 1 aliphatic carbocycles. The summed E-state index contributed by atoms with van der Waals surface area (Å²) in [5, 5.41) is 11.3. The summed E-state index contributed by atoms with van der Waals surface area (Å²) < 4.78 is 11.1. The Labute approximate surface area is 155 Å². The molecule has 0 unspecified atom stereocenters. The first kappa shape index (κ1) is 19.0. The molecule has 144 valence electrons. The summed E-state index contributed by atoms with van der Waals surface area (Å²) in [5.74, 6) is 1.36. The Morgan fingerprint density at radius 3 is 2.81 bits per heavy atom. The fourth-order valence-corrected chi connectivity index (χ4v) is 4.73. The molecule has 3 atom stereocenters. The molecule has 0 aromatic heterocycles. The number of nitrogens with zero attached hydrogens (tertiary/aromatic N) is 1. The smallest absolute Gasteiger partial charge is 0.218 e. The predicted molar refractivity (Wildman–Crippen MR) is 99.2 cm³/mol. The lowest BCUT2D eigenvalue weighted by molar-refractivity contribution is -0.128. The van der Waals surface area contributed by atoms with Crippen molar-refractivity contribution in [2.75, 3.05) is 27.3 Å². The van der Waals surface area contributed by atoms with Crippen LogP contribution >= 0.6 is 0 Å². The van der Waals surface area contributed by atoms with Crippen LogP contribution in [-0.2, 0) is 4.79 Å². The van der Waals surface area contributed by atoms with E-state index in [1.165, 1.54) is 0 Å². The van der Waals surface area contributed by atoms with Gasteiger partial charge in [-0.05, 0) is 37.5 Å². The molecule has 2 fully saturated rings. The molecule has 26 heavy (non-hydrogen) atoms. The topological polar surface area (TPSA) is 85.0 Å². The van der Waals surface area contributed by atoms with Gasteiger partial charge in [-0.15, -0.1) is 0 Å². The maximum absolute atomic E-state index is 11.4. The molecule has 0 spiro atoms.